The largest absolute Gasteiger partial charge is 0.462 e. The smallest absolute Gasteiger partial charge is 0.340 e. The summed E-state index contributed by atoms with van der Waals surface area (Å²) in [6, 6.07) is 7.32. The maximum absolute atomic E-state index is 11.9. The van der Waals surface area contributed by atoms with Crippen molar-refractivity contribution in [3.63, 3.8) is 0 Å². The van der Waals surface area contributed by atoms with Gasteiger partial charge >= 0.3 is 5.97 Å². The molecule has 5 nitrogen and oxygen atoms in total. The fourth-order valence-corrected chi connectivity index (χ4v) is 2.09. The van der Waals surface area contributed by atoms with E-state index in [4.69, 9.17) is 4.74 Å². The second-order valence-corrected chi connectivity index (χ2v) is 4.53. The lowest BCUT2D eigenvalue weighted by Crippen LogP contribution is -2.15. The third-order valence-electron chi connectivity index (χ3n) is 3.04. The molecule has 0 fully saturated rings. The number of carbonyl (C=O) groups is 1. The maximum Gasteiger partial charge on any atom is 0.340 e. The van der Waals surface area contributed by atoms with Gasteiger partial charge in [0.1, 0.15) is 5.82 Å². The van der Waals surface area contributed by atoms with Gasteiger partial charge in [0.05, 0.1) is 18.2 Å². The molecular formula is C15H19N3O2. The van der Waals surface area contributed by atoms with Gasteiger partial charge in [-0.3, -0.25) is 0 Å². The summed E-state index contributed by atoms with van der Waals surface area (Å²) >= 11 is 0. The molecule has 1 aromatic heterocycles. The summed E-state index contributed by atoms with van der Waals surface area (Å²) in [6.45, 7) is 4.16. The van der Waals surface area contributed by atoms with E-state index in [0.717, 1.165) is 11.5 Å². The number of imidazole rings is 1. The summed E-state index contributed by atoms with van der Waals surface area (Å²) in [7, 11) is 1.94. The Morgan fingerprint density at radius 1 is 1.45 bits per heavy atom. The summed E-state index contributed by atoms with van der Waals surface area (Å²) in [5.74, 6) is 0.589. The highest BCUT2D eigenvalue weighted by Crippen LogP contribution is 2.22. The van der Waals surface area contributed by atoms with Crippen LogP contribution in [0.4, 0.5) is 5.69 Å². The molecule has 0 saturated carbocycles. The van der Waals surface area contributed by atoms with Gasteiger partial charge in [0, 0.05) is 25.1 Å². The number of aromatic nitrogens is 2. The Hall–Kier alpha value is -2.30. The SMILES string of the molecule is CCOC(=O)c1ccccc1NC(C)c1nccn1C. The molecule has 0 amide bonds. The molecule has 0 aliphatic heterocycles. The van der Waals surface area contributed by atoms with E-state index >= 15 is 0 Å². The van der Waals surface area contributed by atoms with Crippen LogP contribution >= 0.6 is 0 Å². The van der Waals surface area contributed by atoms with Gasteiger partial charge in [-0.25, -0.2) is 9.78 Å². The van der Waals surface area contributed by atoms with Gasteiger partial charge in [0.15, 0.2) is 0 Å². The lowest BCUT2D eigenvalue weighted by Gasteiger charge is -2.17. The van der Waals surface area contributed by atoms with E-state index in [1.54, 1.807) is 19.2 Å². The Labute approximate surface area is 118 Å². The number of ether oxygens (including phenoxy) is 1. The molecule has 0 aliphatic rings. The second-order valence-electron chi connectivity index (χ2n) is 4.53. The molecule has 2 aromatic rings. The van der Waals surface area contributed by atoms with Crippen LogP contribution in [-0.2, 0) is 11.8 Å². The van der Waals surface area contributed by atoms with Crippen molar-refractivity contribution >= 4 is 11.7 Å². The molecule has 20 heavy (non-hydrogen) atoms. The van der Waals surface area contributed by atoms with Crippen molar-refractivity contribution in [1.82, 2.24) is 9.55 Å². The third kappa shape index (κ3) is 2.99. The molecule has 106 valence electrons. The zero-order valence-corrected chi connectivity index (χ0v) is 12.0. The van der Waals surface area contributed by atoms with E-state index in [9.17, 15) is 4.79 Å². The minimum absolute atomic E-state index is 0.00873. The average Bonchev–Trinajstić information content (AvgIpc) is 2.86. The zero-order chi connectivity index (χ0) is 14.5. The predicted molar refractivity (Wildman–Crippen MR) is 77.6 cm³/mol. The summed E-state index contributed by atoms with van der Waals surface area (Å²) < 4.78 is 7.01. The number of nitrogens with one attached hydrogen (secondary N) is 1. The molecule has 0 saturated heterocycles. The summed E-state index contributed by atoms with van der Waals surface area (Å²) in [5, 5.41) is 3.31. The molecule has 0 radical (unpaired) electrons. The first-order valence-electron chi connectivity index (χ1n) is 6.63. The predicted octanol–water partition coefficient (Wildman–Crippen LogP) is 2.77. The fraction of sp³-hybridized carbons (Fsp3) is 0.333. The third-order valence-corrected chi connectivity index (χ3v) is 3.04. The Kier molecular flexibility index (Phi) is 4.40. The van der Waals surface area contributed by atoms with Crippen molar-refractivity contribution in [3.05, 3.63) is 48.0 Å². The quantitative estimate of drug-likeness (QED) is 0.851. The van der Waals surface area contributed by atoms with Crippen molar-refractivity contribution in [1.29, 1.82) is 0 Å². The van der Waals surface area contributed by atoms with Gasteiger partial charge in [0.2, 0.25) is 0 Å². The van der Waals surface area contributed by atoms with Crippen LogP contribution in [0, 0.1) is 0 Å². The Morgan fingerprint density at radius 3 is 2.85 bits per heavy atom. The van der Waals surface area contributed by atoms with Crippen LogP contribution < -0.4 is 5.32 Å². The molecular weight excluding hydrogens is 254 g/mol. The van der Waals surface area contributed by atoms with Gasteiger partial charge < -0.3 is 14.6 Å². The number of anilines is 1. The molecule has 2 rings (SSSR count). The lowest BCUT2D eigenvalue weighted by atomic mass is 10.1. The van der Waals surface area contributed by atoms with Gasteiger partial charge in [0.25, 0.3) is 0 Å². The van der Waals surface area contributed by atoms with E-state index in [1.807, 2.05) is 42.9 Å². The molecule has 5 heteroatoms. The molecule has 1 aromatic carbocycles. The Morgan fingerprint density at radius 2 is 2.20 bits per heavy atom. The van der Waals surface area contributed by atoms with Crippen LogP contribution in [0.5, 0.6) is 0 Å². The van der Waals surface area contributed by atoms with Gasteiger partial charge in [-0.1, -0.05) is 12.1 Å². The van der Waals surface area contributed by atoms with Gasteiger partial charge in [-0.2, -0.15) is 0 Å². The number of aryl methyl sites for hydroxylation is 1. The number of benzene rings is 1. The van der Waals surface area contributed by atoms with Crippen LogP contribution in [0.25, 0.3) is 0 Å². The second kappa shape index (κ2) is 6.23. The van der Waals surface area contributed by atoms with Crippen LogP contribution in [0.2, 0.25) is 0 Å². The molecule has 0 spiro atoms. The highest BCUT2D eigenvalue weighted by Gasteiger charge is 2.15. The fourth-order valence-electron chi connectivity index (χ4n) is 2.09. The standard InChI is InChI=1S/C15H19N3O2/c1-4-20-15(19)12-7-5-6-8-13(12)17-11(2)14-16-9-10-18(14)3/h5-11,17H,4H2,1-3H3. The molecule has 1 unspecified atom stereocenters. The normalized spacial score (nSPS) is 11.9. The molecule has 0 bridgehead atoms. The minimum atomic E-state index is -0.317. The highest BCUT2D eigenvalue weighted by molar-refractivity contribution is 5.95. The van der Waals surface area contributed by atoms with Crippen molar-refractivity contribution in [2.24, 2.45) is 7.05 Å². The van der Waals surface area contributed by atoms with E-state index in [0.29, 0.717) is 12.2 Å². The highest BCUT2D eigenvalue weighted by atomic mass is 16.5. The van der Waals surface area contributed by atoms with Crippen LogP contribution in [0.3, 0.4) is 0 Å². The maximum atomic E-state index is 11.9. The van der Waals surface area contributed by atoms with Crippen molar-refractivity contribution < 1.29 is 9.53 Å². The monoisotopic (exact) mass is 273 g/mol. The number of carbonyl (C=O) groups excluding carboxylic acids is 1. The number of nitrogens with zero attached hydrogens (tertiary/aromatic N) is 2. The van der Waals surface area contributed by atoms with Crippen molar-refractivity contribution in [3.8, 4) is 0 Å². The summed E-state index contributed by atoms with van der Waals surface area (Å²) in [6.07, 6.45) is 3.65. The average molecular weight is 273 g/mol. The van der Waals surface area contributed by atoms with E-state index in [1.165, 1.54) is 0 Å². The van der Waals surface area contributed by atoms with Crippen molar-refractivity contribution in [2.45, 2.75) is 19.9 Å². The number of para-hydroxylation sites is 1. The van der Waals surface area contributed by atoms with E-state index in [-0.39, 0.29) is 12.0 Å². The lowest BCUT2D eigenvalue weighted by molar-refractivity contribution is 0.0527. The number of hydrogen-bond donors (Lipinski definition) is 1. The molecule has 1 N–H and O–H groups in total. The minimum Gasteiger partial charge on any atom is -0.462 e. The topological polar surface area (TPSA) is 56.1 Å². The molecule has 1 atom stereocenters. The number of rotatable bonds is 5. The van der Waals surface area contributed by atoms with Crippen LogP contribution in [0.1, 0.15) is 36.1 Å². The van der Waals surface area contributed by atoms with Crippen LogP contribution in [-0.4, -0.2) is 22.1 Å². The first-order chi connectivity index (χ1) is 9.63. The Bertz CT molecular complexity index is 592. The van der Waals surface area contributed by atoms with E-state index < -0.39 is 0 Å². The Balaban J connectivity index is 2.21. The zero-order valence-electron chi connectivity index (χ0n) is 12.0. The molecule has 0 aliphatic carbocycles. The number of hydrogen-bond acceptors (Lipinski definition) is 4. The van der Waals surface area contributed by atoms with Gasteiger partial charge in [-0.15, -0.1) is 0 Å². The van der Waals surface area contributed by atoms with Gasteiger partial charge in [-0.05, 0) is 26.0 Å². The van der Waals surface area contributed by atoms with Crippen LogP contribution in [0.15, 0.2) is 36.7 Å². The first kappa shape index (κ1) is 14.1. The van der Waals surface area contributed by atoms with Crippen molar-refractivity contribution in [2.75, 3.05) is 11.9 Å². The van der Waals surface area contributed by atoms with E-state index in [2.05, 4.69) is 10.3 Å². The first-order valence-corrected chi connectivity index (χ1v) is 6.63. The number of esters is 1. The molecule has 1 heterocycles. The summed E-state index contributed by atoms with van der Waals surface area (Å²) in [4.78, 5) is 16.2. The summed E-state index contributed by atoms with van der Waals surface area (Å²) in [5.41, 5.74) is 1.29.